The van der Waals surface area contributed by atoms with Crippen LogP contribution in [0.25, 0.3) is 5.69 Å². The van der Waals surface area contributed by atoms with Crippen molar-refractivity contribution in [2.24, 2.45) is 0 Å². The Hall–Kier alpha value is -2.29. The van der Waals surface area contributed by atoms with E-state index in [0.29, 0.717) is 37.8 Å². The van der Waals surface area contributed by atoms with Crippen LogP contribution in [0.1, 0.15) is 5.82 Å². The van der Waals surface area contributed by atoms with Crippen LogP contribution in [0.5, 0.6) is 0 Å². The van der Waals surface area contributed by atoms with Crippen molar-refractivity contribution in [3.63, 3.8) is 0 Å². The molecule has 8 heteroatoms. The van der Waals surface area contributed by atoms with Gasteiger partial charge in [0.2, 0.25) is 5.91 Å². The number of amides is 1. The van der Waals surface area contributed by atoms with Gasteiger partial charge in [-0.15, -0.1) is 22.0 Å². The van der Waals surface area contributed by atoms with Crippen molar-refractivity contribution in [3.8, 4) is 5.69 Å². The largest absolute Gasteiger partial charge is 0.378 e. The van der Waals surface area contributed by atoms with Crippen molar-refractivity contribution in [2.45, 2.75) is 15.8 Å². The summed E-state index contributed by atoms with van der Waals surface area (Å²) in [6.45, 7) is 2.53. The van der Waals surface area contributed by atoms with E-state index in [1.54, 1.807) is 11.8 Å². The maximum Gasteiger partial charge on any atom is 0.233 e. The molecular formula is C21H22N4O2S2. The molecule has 0 spiro atoms. The number of morpholine rings is 1. The number of para-hydroxylation sites is 1. The molecule has 0 aliphatic carbocycles. The quantitative estimate of drug-likeness (QED) is 0.539. The molecule has 2 heterocycles. The maximum absolute atomic E-state index is 12.5. The molecule has 2 aromatic carbocycles. The van der Waals surface area contributed by atoms with Gasteiger partial charge in [-0.05, 0) is 24.3 Å². The highest BCUT2D eigenvalue weighted by Crippen LogP contribution is 2.27. The van der Waals surface area contributed by atoms with Crippen molar-refractivity contribution in [2.75, 3.05) is 32.1 Å². The second-order valence-corrected chi connectivity index (χ2v) is 8.44. The van der Waals surface area contributed by atoms with Crippen molar-refractivity contribution in [1.29, 1.82) is 0 Å². The van der Waals surface area contributed by atoms with Gasteiger partial charge in [-0.1, -0.05) is 48.2 Å². The fraction of sp³-hybridized carbons (Fsp3) is 0.286. The molecule has 1 aliphatic rings. The van der Waals surface area contributed by atoms with E-state index in [4.69, 9.17) is 4.74 Å². The van der Waals surface area contributed by atoms with Crippen LogP contribution >= 0.6 is 23.5 Å². The first-order valence-corrected chi connectivity index (χ1v) is 11.4. The van der Waals surface area contributed by atoms with Crippen LogP contribution in [0, 0.1) is 0 Å². The van der Waals surface area contributed by atoms with Crippen LogP contribution in [0.4, 0.5) is 0 Å². The molecule has 4 rings (SSSR count). The number of hydrogen-bond acceptors (Lipinski definition) is 6. The highest BCUT2D eigenvalue weighted by atomic mass is 32.2. The van der Waals surface area contributed by atoms with Gasteiger partial charge >= 0.3 is 0 Å². The first kappa shape index (κ1) is 20.0. The lowest BCUT2D eigenvalue weighted by molar-refractivity contribution is -0.132. The molecule has 29 heavy (non-hydrogen) atoms. The molecule has 0 unspecified atom stereocenters. The minimum atomic E-state index is 0.112. The van der Waals surface area contributed by atoms with Crippen molar-refractivity contribution < 1.29 is 9.53 Å². The molecule has 0 saturated carbocycles. The fourth-order valence-corrected chi connectivity index (χ4v) is 4.72. The Morgan fingerprint density at radius 1 is 0.931 bits per heavy atom. The Balaban J connectivity index is 1.50. The summed E-state index contributed by atoms with van der Waals surface area (Å²) in [5, 5.41) is 9.55. The highest BCUT2D eigenvalue weighted by molar-refractivity contribution is 7.99. The van der Waals surface area contributed by atoms with Gasteiger partial charge in [0.25, 0.3) is 0 Å². The number of benzene rings is 2. The number of carbonyl (C=O) groups is 1. The molecule has 3 aromatic rings. The molecular weight excluding hydrogens is 404 g/mol. The monoisotopic (exact) mass is 426 g/mol. The predicted octanol–water partition coefficient (Wildman–Crippen LogP) is 3.51. The zero-order chi connectivity index (χ0) is 19.9. The number of ether oxygens (including phenoxy) is 1. The molecule has 0 bridgehead atoms. The lowest BCUT2D eigenvalue weighted by Gasteiger charge is -2.26. The molecule has 0 atom stereocenters. The van der Waals surface area contributed by atoms with Gasteiger partial charge in [-0.3, -0.25) is 9.36 Å². The van der Waals surface area contributed by atoms with Crippen LogP contribution in [0.2, 0.25) is 0 Å². The Labute approximate surface area is 178 Å². The first-order valence-electron chi connectivity index (χ1n) is 9.47. The van der Waals surface area contributed by atoms with Crippen LogP contribution < -0.4 is 0 Å². The Morgan fingerprint density at radius 3 is 2.34 bits per heavy atom. The Bertz CT molecular complexity index is 928. The molecule has 1 fully saturated rings. The summed E-state index contributed by atoms with van der Waals surface area (Å²) in [6.07, 6.45) is 0. The molecule has 1 aromatic heterocycles. The first-order chi connectivity index (χ1) is 14.3. The fourth-order valence-electron chi connectivity index (χ4n) is 3.02. The van der Waals surface area contributed by atoms with Gasteiger partial charge in [-0.25, -0.2) is 0 Å². The molecule has 1 amide bonds. The van der Waals surface area contributed by atoms with Gasteiger partial charge in [-0.2, -0.15) is 0 Å². The standard InChI is InChI=1S/C21H22N4O2S2/c26-20(24-11-13-27-14-12-24)16-29-21-23-22-19(15-28-18-9-5-2-6-10-18)25(21)17-7-3-1-4-8-17/h1-10H,11-16H2. The van der Waals surface area contributed by atoms with E-state index in [-0.39, 0.29) is 5.91 Å². The van der Waals surface area contributed by atoms with E-state index in [9.17, 15) is 4.79 Å². The van der Waals surface area contributed by atoms with E-state index in [1.165, 1.54) is 16.7 Å². The number of hydrogen-bond donors (Lipinski definition) is 0. The number of thioether (sulfide) groups is 2. The predicted molar refractivity (Wildman–Crippen MR) is 115 cm³/mol. The smallest absolute Gasteiger partial charge is 0.233 e. The number of carbonyl (C=O) groups excluding carboxylic acids is 1. The summed E-state index contributed by atoms with van der Waals surface area (Å²) in [7, 11) is 0. The van der Waals surface area contributed by atoms with Crippen LogP contribution in [-0.4, -0.2) is 57.6 Å². The third kappa shape index (κ3) is 5.20. The third-order valence-corrected chi connectivity index (χ3v) is 6.44. The molecule has 0 radical (unpaired) electrons. The second-order valence-electron chi connectivity index (χ2n) is 6.45. The minimum Gasteiger partial charge on any atom is -0.378 e. The van der Waals surface area contributed by atoms with E-state index in [1.807, 2.05) is 58.0 Å². The lowest BCUT2D eigenvalue weighted by Crippen LogP contribution is -2.41. The Kier molecular flexibility index (Phi) is 6.87. The van der Waals surface area contributed by atoms with Crippen molar-refractivity contribution in [3.05, 3.63) is 66.5 Å². The molecule has 1 saturated heterocycles. The SMILES string of the molecule is O=C(CSc1nnc(CSc2ccccc2)n1-c1ccccc1)N1CCOCC1. The summed E-state index contributed by atoms with van der Waals surface area (Å²) in [5.74, 6) is 2.02. The normalized spacial score (nSPS) is 14.1. The van der Waals surface area contributed by atoms with E-state index < -0.39 is 0 Å². The molecule has 0 N–H and O–H groups in total. The average Bonchev–Trinajstić information content (AvgIpc) is 3.20. The zero-order valence-electron chi connectivity index (χ0n) is 15.9. The van der Waals surface area contributed by atoms with Crippen LogP contribution in [0.3, 0.4) is 0 Å². The Morgan fingerprint density at radius 2 is 1.62 bits per heavy atom. The zero-order valence-corrected chi connectivity index (χ0v) is 17.6. The van der Waals surface area contributed by atoms with Crippen LogP contribution in [0.15, 0.2) is 70.7 Å². The second kappa shape index (κ2) is 9.96. The van der Waals surface area contributed by atoms with E-state index >= 15 is 0 Å². The van der Waals surface area contributed by atoms with Gasteiger partial charge in [0.15, 0.2) is 5.16 Å². The summed E-state index contributed by atoms with van der Waals surface area (Å²) < 4.78 is 7.38. The van der Waals surface area contributed by atoms with Crippen molar-refractivity contribution in [1.82, 2.24) is 19.7 Å². The topological polar surface area (TPSA) is 60.2 Å². The van der Waals surface area contributed by atoms with Gasteiger partial charge in [0, 0.05) is 23.7 Å². The van der Waals surface area contributed by atoms with Crippen LogP contribution in [-0.2, 0) is 15.3 Å². The third-order valence-electron chi connectivity index (χ3n) is 4.51. The molecule has 1 aliphatic heterocycles. The van der Waals surface area contributed by atoms with E-state index in [0.717, 1.165) is 16.7 Å². The summed E-state index contributed by atoms with van der Waals surface area (Å²) in [5.41, 5.74) is 1.00. The van der Waals surface area contributed by atoms with Crippen molar-refractivity contribution >= 4 is 29.4 Å². The van der Waals surface area contributed by atoms with E-state index in [2.05, 4.69) is 22.3 Å². The summed E-state index contributed by atoms with van der Waals surface area (Å²) in [4.78, 5) is 15.6. The average molecular weight is 427 g/mol. The molecule has 150 valence electrons. The minimum absolute atomic E-state index is 0.112. The maximum atomic E-state index is 12.5. The summed E-state index contributed by atoms with van der Waals surface area (Å²) >= 11 is 3.16. The number of rotatable bonds is 7. The lowest BCUT2D eigenvalue weighted by atomic mass is 10.3. The van der Waals surface area contributed by atoms with Gasteiger partial charge in [0.1, 0.15) is 5.82 Å². The molecule has 6 nitrogen and oxygen atoms in total. The number of aromatic nitrogens is 3. The van der Waals surface area contributed by atoms with Gasteiger partial charge < -0.3 is 9.64 Å². The van der Waals surface area contributed by atoms with Gasteiger partial charge in [0.05, 0.1) is 24.7 Å². The number of nitrogens with zero attached hydrogens (tertiary/aromatic N) is 4. The highest BCUT2D eigenvalue weighted by Gasteiger charge is 2.20. The summed E-state index contributed by atoms with van der Waals surface area (Å²) in [6, 6.07) is 20.3.